The van der Waals surface area contributed by atoms with Gasteiger partial charge in [-0.2, -0.15) is 0 Å². The van der Waals surface area contributed by atoms with E-state index < -0.39 is 0 Å². The Morgan fingerprint density at radius 3 is 2.55 bits per heavy atom. The molecule has 0 fully saturated rings. The van der Waals surface area contributed by atoms with Gasteiger partial charge < -0.3 is 0 Å². The van der Waals surface area contributed by atoms with E-state index in [1.54, 1.807) is 17.8 Å². The zero-order valence-corrected chi connectivity index (χ0v) is 12.6. The number of ketones is 1. The van der Waals surface area contributed by atoms with E-state index in [9.17, 15) is 4.79 Å². The molecule has 1 nitrogen and oxygen atoms in total. The minimum atomic E-state index is 0.0413. The second-order valence-electron chi connectivity index (χ2n) is 4.57. The smallest absolute Gasteiger partial charge is 0.185 e. The largest absolute Gasteiger partial charge is 0.289 e. The Morgan fingerprint density at radius 2 is 1.90 bits per heavy atom. The molecule has 0 heterocycles. The molecular weight excluding hydrogens is 264 g/mol. The first-order chi connectivity index (χ1) is 9.69. The van der Waals surface area contributed by atoms with Gasteiger partial charge in [-0.25, -0.2) is 0 Å². The molecule has 0 radical (unpaired) electrons. The fourth-order valence-electron chi connectivity index (χ4n) is 1.92. The molecule has 0 aliphatic heterocycles. The fourth-order valence-corrected chi connectivity index (χ4v) is 2.59. The van der Waals surface area contributed by atoms with Crippen molar-refractivity contribution >= 4 is 23.6 Å². The van der Waals surface area contributed by atoms with E-state index in [-0.39, 0.29) is 5.78 Å². The van der Waals surface area contributed by atoms with Crippen molar-refractivity contribution in [2.45, 2.75) is 18.7 Å². The fraction of sp³-hybridized carbons (Fsp3) is 0.167. The standard InChI is InChI=1S/C18H18OS/c1-3-20-17-10-8-16(9-11-17)18(19)12-7-15-6-4-5-14(2)13-15/h4-13H,3H2,1-2H3/b12-7+. The number of hydrogen-bond acceptors (Lipinski definition) is 2. The van der Waals surface area contributed by atoms with Gasteiger partial charge in [-0.3, -0.25) is 4.79 Å². The van der Waals surface area contributed by atoms with Crippen LogP contribution in [0, 0.1) is 6.92 Å². The Labute approximate surface area is 124 Å². The van der Waals surface area contributed by atoms with Crippen LogP contribution < -0.4 is 0 Å². The summed E-state index contributed by atoms with van der Waals surface area (Å²) >= 11 is 1.78. The summed E-state index contributed by atoms with van der Waals surface area (Å²) in [6.45, 7) is 4.16. The van der Waals surface area contributed by atoms with Crippen molar-refractivity contribution in [1.82, 2.24) is 0 Å². The summed E-state index contributed by atoms with van der Waals surface area (Å²) in [6, 6.07) is 15.9. The maximum absolute atomic E-state index is 12.1. The molecule has 20 heavy (non-hydrogen) atoms. The van der Waals surface area contributed by atoms with Crippen LogP contribution in [0.3, 0.4) is 0 Å². The molecule has 2 heteroatoms. The molecule has 0 unspecified atom stereocenters. The average molecular weight is 282 g/mol. The van der Waals surface area contributed by atoms with E-state index >= 15 is 0 Å². The number of hydrogen-bond donors (Lipinski definition) is 0. The molecule has 0 atom stereocenters. The van der Waals surface area contributed by atoms with E-state index in [1.165, 1.54) is 10.5 Å². The van der Waals surface area contributed by atoms with Crippen molar-refractivity contribution in [3.8, 4) is 0 Å². The quantitative estimate of drug-likeness (QED) is 0.436. The summed E-state index contributed by atoms with van der Waals surface area (Å²) in [5.41, 5.74) is 2.98. The van der Waals surface area contributed by atoms with Gasteiger partial charge in [-0.05, 0) is 48.6 Å². The summed E-state index contributed by atoms with van der Waals surface area (Å²) in [6.07, 6.45) is 3.50. The first-order valence-electron chi connectivity index (χ1n) is 6.71. The van der Waals surface area contributed by atoms with E-state index in [4.69, 9.17) is 0 Å². The number of carbonyl (C=O) groups is 1. The Hall–Kier alpha value is -1.80. The molecule has 0 saturated carbocycles. The first kappa shape index (κ1) is 14.6. The van der Waals surface area contributed by atoms with Gasteiger partial charge in [0.05, 0.1) is 0 Å². The number of benzene rings is 2. The van der Waals surface area contributed by atoms with Crippen LogP contribution in [-0.2, 0) is 0 Å². The highest BCUT2D eigenvalue weighted by Gasteiger charge is 2.01. The highest BCUT2D eigenvalue weighted by Crippen LogP contribution is 2.18. The van der Waals surface area contributed by atoms with Crippen molar-refractivity contribution in [2.75, 3.05) is 5.75 Å². The van der Waals surface area contributed by atoms with Crippen molar-refractivity contribution in [2.24, 2.45) is 0 Å². The molecule has 102 valence electrons. The number of rotatable bonds is 5. The highest BCUT2D eigenvalue weighted by molar-refractivity contribution is 7.99. The Kier molecular flexibility index (Phi) is 5.19. The predicted molar refractivity (Wildman–Crippen MR) is 87.4 cm³/mol. The lowest BCUT2D eigenvalue weighted by Gasteiger charge is -2.00. The SMILES string of the molecule is CCSc1ccc(C(=O)/C=C/c2cccc(C)c2)cc1. The lowest BCUT2D eigenvalue weighted by atomic mass is 10.1. The zero-order chi connectivity index (χ0) is 14.4. The molecular formula is C18H18OS. The van der Waals surface area contributed by atoms with Crippen LogP contribution in [0.2, 0.25) is 0 Å². The van der Waals surface area contributed by atoms with Crippen molar-refractivity contribution < 1.29 is 4.79 Å². The molecule has 0 aliphatic rings. The summed E-state index contributed by atoms with van der Waals surface area (Å²) in [4.78, 5) is 13.3. The number of thioether (sulfide) groups is 1. The van der Waals surface area contributed by atoms with Crippen LogP contribution in [0.25, 0.3) is 6.08 Å². The zero-order valence-electron chi connectivity index (χ0n) is 11.8. The van der Waals surface area contributed by atoms with Gasteiger partial charge in [0.15, 0.2) is 5.78 Å². The van der Waals surface area contributed by atoms with E-state index in [2.05, 4.69) is 13.0 Å². The van der Waals surface area contributed by atoms with Gasteiger partial charge in [0.2, 0.25) is 0 Å². The van der Waals surface area contributed by atoms with Crippen LogP contribution in [0.5, 0.6) is 0 Å². The van der Waals surface area contributed by atoms with E-state index in [0.717, 1.165) is 16.9 Å². The molecule has 0 aliphatic carbocycles. The maximum atomic E-state index is 12.1. The van der Waals surface area contributed by atoms with Gasteiger partial charge in [-0.1, -0.05) is 42.8 Å². The minimum Gasteiger partial charge on any atom is -0.289 e. The Bertz CT molecular complexity index is 612. The first-order valence-corrected chi connectivity index (χ1v) is 7.69. The Morgan fingerprint density at radius 1 is 1.15 bits per heavy atom. The predicted octanol–water partition coefficient (Wildman–Crippen LogP) is 5.00. The topological polar surface area (TPSA) is 17.1 Å². The van der Waals surface area contributed by atoms with Gasteiger partial charge in [0.1, 0.15) is 0 Å². The third-order valence-electron chi connectivity index (χ3n) is 2.92. The van der Waals surface area contributed by atoms with Gasteiger partial charge >= 0.3 is 0 Å². The number of aryl methyl sites for hydroxylation is 1. The van der Waals surface area contributed by atoms with E-state index in [0.29, 0.717) is 0 Å². The minimum absolute atomic E-state index is 0.0413. The molecule has 0 bridgehead atoms. The summed E-state index contributed by atoms with van der Waals surface area (Å²) in [5.74, 6) is 1.08. The summed E-state index contributed by atoms with van der Waals surface area (Å²) < 4.78 is 0. The molecule has 2 aromatic carbocycles. The normalized spacial score (nSPS) is 10.9. The third-order valence-corrected chi connectivity index (χ3v) is 3.81. The number of allylic oxidation sites excluding steroid dienone is 1. The second-order valence-corrected chi connectivity index (χ2v) is 5.91. The van der Waals surface area contributed by atoms with E-state index in [1.807, 2.05) is 55.5 Å². The van der Waals surface area contributed by atoms with Crippen molar-refractivity contribution in [1.29, 1.82) is 0 Å². The summed E-state index contributed by atoms with van der Waals surface area (Å²) in [7, 11) is 0. The van der Waals surface area contributed by atoms with Gasteiger partial charge in [0, 0.05) is 10.5 Å². The molecule has 0 amide bonds. The Balaban J connectivity index is 2.07. The molecule has 0 spiro atoms. The van der Waals surface area contributed by atoms with Crippen LogP contribution in [0.1, 0.15) is 28.4 Å². The lowest BCUT2D eigenvalue weighted by Crippen LogP contribution is -1.93. The molecule has 2 aromatic rings. The lowest BCUT2D eigenvalue weighted by molar-refractivity contribution is 0.104. The number of carbonyl (C=O) groups excluding carboxylic acids is 1. The molecule has 0 saturated heterocycles. The second kappa shape index (κ2) is 7.11. The molecule has 2 rings (SSSR count). The van der Waals surface area contributed by atoms with Crippen LogP contribution in [-0.4, -0.2) is 11.5 Å². The van der Waals surface area contributed by atoms with Crippen LogP contribution >= 0.6 is 11.8 Å². The summed E-state index contributed by atoms with van der Waals surface area (Å²) in [5, 5.41) is 0. The molecule has 0 N–H and O–H groups in total. The molecule has 0 aromatic heterocycles. The average Bonchev–Trinajstić information content (AvgIpc) is 2.46. The van der Waals surface area contributed by atoms with Crippen LogP contribution in [0.15, 0.2) is 59.5 Å². The third kappa shape index (κ3) is 4.10. The maximum Gasteiger partial charge on any atom is 0.185 e. The van der Waals surface area contributed by atoms with Crippen molar-refractivity contribution in [3.05, 3.63) is 71.3 Å². The highest BCUT2D eigenvalue weighted by atomic mass is 32.2. The van der Waals surface area contributed by atoms with Gasteiger partial charge in [0.25, 0.3) is 0 Å². The van der Waals surface area contributed by atoms with Gasteiger partial charge in [-0.15, -0.1) is 11.8 Å². The van der Waals surface area contributed by atoms with Crippen LogP contribution in [0.4, 0.5) is 0 Å². The monoisotopic (exact) mass is 282 g/mol. The van der Waals surface area contributed by atoms with Crippen molar-refractivity contribution in [3.63, 3.8) is 0 Å².